The van der Waals surface area contributed by atoms with Gasteiger partial charge in [0.2, 0.25) is 0 Å². The van der Waals surface area contributed by atoms with E-state index < -0.39 is 11.6 Å². The number of fused-ring (bicyclic) bond motifs is 8. The number of hydrogen-bond acceptors (Lipinski definition) is 3. The molecule has 0 aliphatic carbocycles. The van der Waals surface area contributed by atoms with E-state index in [2.05, 4.69) is 5.32 Å². The average molecular weight is 467 g/mol. The highest BCUT2D eigenvalue weighted by Crippen LogP contribution is 2.54. The summed E-state index contributed by atoms with van der Waals surface area (Å²) in [6.45, 7) is 0. The smallest absolute Gasteiger partial charge is 0.255 e. The Labute approximate surface area is 199 Å². The quantitative estimate of drug-likeness (QED) is 0.266. The van der Waals surface area contributed by atoms with E-state index in [4.69, 9.17) is 15.9 Å². The van der Waals surface area contributed by atoms with Gasteiger partial charge in [0.1, 0.15) is 29.7 Å². The normalized spacial score (nSPS) is 17.1. The second-order valence-electron chi connectivity index (χ2n) is 8.65. The summed E-state index contributed by atoms with van der Waals surface area (Å²) >= 11 is 0. The minimum absolute atomic E-state index is 0.0397. The number of benzene rings is 4. The number of nitrogens with one attached hydrogen (secondary N) is 2. The first-order valence-corrected chi connectivity index (χ1v) is 11.0. The van der Waals surface area contributed by atoms with E-state index in [1.165, 1.54) is 12.1 Å². The van der Waals surface area contributed by atoms with Crippen molar-refractivity contribution in [1.82, 2.24) is 0 Å². The summed E-state index contributed by atoms with van der Waals surface area (Å²) in [7, 11) is 0. The van der Waals surface area contributed by atoms with E-state index in [0.717, 1.165) is 28.3 Å². The molecule has 35 heavy (non-hydrogen) atoms. The molecule has 4 aromatic carbocycles. The molecule has 2 atom stereocenters. The van der Waals surface area contributed by atoms with Crippen molar-refractivity contribution in [1.29, 1.82) is 5.41 Å². The molecule has 0 spiro atoms. The number of halogens is 2. The van der Waals surface area contributed by atoms with Crippen LogP contribution in [0.15, 0.2) is 78.9 Å². The van der Waals surface area contributed by atoms with Gasteiger partial charge in [0, 0.05) is 28.4 Å². The molecule has 2 heterocycles. The highest BCUT2D eigenvalue weighted by molar-refractivity contribution is 6.05. The predicted octanol–water partition coefficient (Wildman–Crippen LogP) is 5.69. The third kappa shape index (κ3) is 3.48. The molecule has 7 heteroatoms. The molecule has 4 aromatic rings. The lowest BCUT2D eigenvalue weighted by Crippen LogP contribution is -2.14. The van der Waals surface area contributed by atoms with Crippen molar-refractivity contribution in [2.24, 2.45) is 5.73 Å². The summed E-state index contributed by atoms with van der Waals surface area (Å²) in [6.07, 6.45) is -0.607. The second kappa shape index (κ2) is 7.85. The highest BCUT2D eigenvalue weighted by Gasteiger charge is 2.43. The molecule has 0 saturated carbocycles. The van der Waals surface area contributed by atoms with Crippen LogP contribution in [0.4, 0.5) is 14.5 Å². The summed E-state index contributed by atoms with van der Waals surface area (Å²) in [5, 5.41) is 10.3. The summed E-state index contributed by atoms with van der Waals surface area (Å²) in [4.78, 5) is 12.9. The molecular weight excluding hydrogens is 448 g/mol. The van der Waals surface area contributed by atoms with Crippen LogP contribution < -0.4 is 11.1 Å². The lowest BCUT2D eigenvalue weighted by molar-refractivity contribution is 0.0857. The fourth-order valence-corrected chi connectivity index (χ4v) is 4.81. The van der Waals surface area contributed by atoms with Gasteiger partial charge >= 0.3 is 0 Å². The SMILES string of the molecule is N=C(N)c1ccc(NC(=O)c2ccc3c(c2)C2OC3c3ccc(-c4ccc(F)cc4F)cc32)cc1. The van der Waals surface area contributed by atoms with Crippen LogP contribution in [0, 0.1) is 17.0 Å². The highest BCUT2D eigenvalue weighted by atomic mass is 19.1. The first-order chi connectivity index (χ1) is 16.9. The molecule has 0 saturated heterocycles. The third-order valence-electron chi connectivity index (χ3n) is 6.53. The van der Waals surface area contributed by atoms with E-state index in [1.807, 2.05) is 30.3 Å². The van der Waals surface area contributed by atoms with Crippen molar-refractivity contribution in [3.63, 3.8) is 0 Å². The minimum atomic E-state index is -0.621. The number of ether oxygens (including phenoxy) is 1. The van der Waals surface area contributed by atoms with Gasteiger partial charge in [0.05, 0.1) is 0 Å². The van der Waals surface area contributed by atoms with Crippen molar-refractivity contribution in [2.75, 3.05) is 5.32 Å². The van der Waals surface area contributed by atoms with Crippen molar-refractivity contribution in [3.8, 4) is 11.1 Å². The van der Waals surface area contributed by atoms with Gasteiger partial charge in [-0.15, -0.1) is 0 Å². The molecule has 2 aliphatic rings. The summed E-state index contributed by atoms with van der Waals surface area (Å²) in [5.74, 6) is -1.55. The van der Waals surface area contributed by atoms with Crippen LogP contribution in [-0.4, -0.2) is 11.7 Å². The molecular formula is C28H19F2N3O2. The Kier molecular flexibility index (Phi) is 4.76. The average Bonchev–Trinajstić information content (AvgIpc) is 3.41. The topological polar surface area (TPSA) is 88.2 Å². The van der Waals surface area contributed by atoms with Crippen LogP contribution in [0.3, 0.4) is 0 Å². The zero-order chi connectivity index (χ0) is 24.3. The molecule has 0 aromatic heterocycles. The van der Waals surface area contributed by atoms with E-state index in [0.29, 0.717) is 27.9 Å². The summed E-state index contributed by atoms with van der Waals surface area (Å²) < 4.78 is 33.9. The van der Waals surface area contributed by atoms with Crippen molar-refractivity contribution >= 4 is 17.4 Å². The van der Waals surface area contributed by atoms with Crippen LogP contribution >= 0.6 is 0 Å². The Morgan fingerprint density at radius 3 is 2.17 bits per heavy atom. The first kappa shape index (κ1) is 21.2. The molecule has 0 fully saturated rings. The van der Waals surface area contributed by atoms with E-state index in [-0.39, 0.29) is 24.0 Å². The van der Waals surface area contributed by atoms with Gasteiger partial charge in [-0.05, 0) is 82.4 Å². The maximum Gasteiger partial charge on any atom is 0.255 e. The number of carbonyl (C=O) groups excluding carboxylic acids is 1. The van der Waals surface area contributed by atoms with Crippen LogP contribution in [0.2, 0.25) is 0 Å². The van der Waals surface area contributed by atoms with Gasteiger partial charge in [-0.3, -0.25) is 10.2 Å². The number of nitrogens with two attached hydrogens (primary N) is 1. The zero-order valence-electron chi connectivity index (χ0n) is 18.3. The lowest BCUT2D eigenvalue weighted by Gasteiger charge is -2.18. The lowest BCUT2D eigenvalue weighted by atomic mass is 9.83. The number of anilines is 1. The van der Waals surface area contributed by atoms with Crippen LogP contribution in [0.1, 0.15) is 50.4 Å². The monoisotopic (exact) mass is 467 g/mol. The fraction of sp³-hybridized carbons (Fsp3) is 0.0714. The molecule has 2 unspecified atom stereocenters. The van der Waals surface area contributed by atoms with Crippen LogP contribution in [0.5, 0.6) is 0 Å². The molecule has 5 nitrogen and oxygen atoms in total. The molecule has 1 amide bonds. The number of amides is 1. The number of rotatable bonds is 4. The van der Waals surface area contributed by atoms with E-state index in [1.54, 1.807) is 30.3 Å². The number of hydrogen-bond donors (Lipinski definition) is 3. The molecule has 6 rings (SSSR count). The number of amidine groups is 1. The van der Waals surface area contributed by atoms with Crippen molar-refractivity contribution in [2.45, 2.75) is 12.2 Å². The maximum absolute atomic E-state index is 14.4. The predicted molar refractivity (Wildman–Crippen MR) is 128 cm³/mol. The fourth-order valence-electron chi connectivity index (χ4n) is 4.81. The van der Waals surface area contributed by atoms with Gasteiger partial charge in [-0.25, -0.2) is 8.78 Å². The Hall–Kier alpha value is -4.36. The first-order valence-electron chi connectivity index (χ1n) is 11.0. The van der Waals surface area contributed by atoms with E-state index in [9.17, 15) is 13.6 Å². The molecule has 2 aliphatic heterocycles. The molecule has 172 valence electrons. The van der Waals surface area contributed by atoms with Crippen LogP contribution in [0.25, 0.3) is 11.1 Å². The summed E-state index contributed by atoms with van der Waals surface area (Å²) in [5.41, 5.74) is 11.9. The van der Waals surface area contributed by atoms with Gasteiger partial charge in [-0.1, -0.05) is 18.2 Å². The van der Waals surface area contributed by atoms with Gasteiger partial charge in [-0.2, -0.15) is 0 Å². The second-order valence-corrected chi connectivity index (χ2v) is 8.65. The third-order valence-corrected chi connectivity index (χ3v) is 6.53. The van der Waals surface area contributed by atoms with Crippen molar-refractivity contribution < 1.29 is 18.3 Å². The Bertz CT molecular complexity index is 1530. The Morgan fingerprint density at radius 2 is 1.46 bits per heavy atom. The molecule has 4 N–H and O–H groups in total. The number of carbonyl (C=O) groups is 1. The van der Waals surface area contributed by atoms with Gasteiger partial charge in [0.15, 0.2) is 0 Å². The largest absolute Gasteiger partial charge is 0.384 e. The van der Waals surface area contributed by atoms with Crippen LogP contribution in [-0.2, 0) is 4.74 Å². The maximum atomic E-state index is 14.4. The molecule has 2 bridgehead atoms. The zero-order valence-corrected chi connectivity index (χ0v) is 18.3. The molecule has 0 radical (unpaired) electrons. The van der Waals surface area contributed by atoms with Gasteiger partial charge in [0.25, 0.3) is 5.91 Å². The Balaban J connectivity index is 1.29. The number of nitrogen functional groups attached to an aromatic ring is 1. The summed E-state index contributed by atoms with van der Waals surface area (Å²) in [6, 6.07) is 21.4. The van der Waals surface area contributed by atoms with Gasteiger partial charge < -0.3 is 15.8 Å². The minimum Gasteiger partial charge on any atom is -0.384 e. The Morgan fingerprint density at radius 1 is 0.800 bits per heavy atom. The van der Waals surface area contributed by atoms with Crippen molar-refractivity contribution in [3.05, 3.63) is 124 Å². The standard InChI is InChI=1S/C28H19F2N3O2/c29-17-5-10-19(24(30)13-17)15-3-8-20-22(11-15)26-23-12-16(4-9-21(23)25(20)35-26)28(34)33-18-6-1-14(2-7-18)27(31)32/h1-13,25-26H,(H3,31,32)(H,33,34). The van der Waals surface area contributed by atoms with E-state index >= 15 is 0 Å².